The molecule has 1 aromatic rings. The molecule has 1 aliphatic rings. The topological polar surface area (TPSA) is 66.4 Å². The number of hydrogen-bond acceptors (Lipinski definition) is 2. The van der Waals surface area contributed by atoms with Crippen LogP contribution in [0.5, 0.6) is 0 Å². The molecule has 1 aliphatic heterocycles. The summed E-state index contributed by atoms with van der Waals surface area (Å²) in [4.78, 5) is 23.1. The lowest BCUT2D eigenvalue weighted by molar-refractivity contribution is -0.137. The van der Waals surface area contributed by atoms with Crippen LogP contribution in [-0.2, 0) is 15.0 Å². The van der Waals surface area contributed by atoms with Crippen LogP contribution in [0.15, 0.2) is 24.3 Å². The predicted octanol–water partition coefficient (Wildman–Crippen LogP) is 3.18. The fourth-order valence-electron chi connectivity index (χ4n) is 3.13. The number of para-hydroxylation sites is 1. The van der Waals surface area contributed by atoms with Crippen LogP contribution in [0.2, 0.25) is 0 Å². The van der Waals surface area contributed by atoms with Crippen molar-refractivity contribution in [3.8, 4) is 0 Å². The molecule has 0 aliphatic carbocycles. The summed E-state index contributed by atoms with van der Waals surface area (Å²) >= 11 is 0. The zero-order valence-corrected chi connectivity index (χ0v) is 12.0. The summed E-state index contributed by atoms with van der Waals surface area (Å²) < 4.78 is 0. The van der Waals surface area contributed by atoms with Crippen molar-refractivity contribution >= 4 is 17.6 Å². The van der Waals surface area contributed by atoms with Crippen LogP contribution in [0.25, 0.3) is 0 Å². The van der Waals surface area contributed by atoms with Gasteiger partial charge in [0.2, 0.25) is 5.91 Å². The summed E-state index contributed by atoms with van der Waals surface area (Å²) in [5.41, 5.74) is 1.43. The summed E-state index contributed by atoms with van der Waals surface area (Å²) in [6.45, 7) is 4.11. The van der Waals surface area contributed by atoms with Gasteiger partial charge in [-0.3, -0.25) is 9.59 Å². The number of carbonyl (C=O) groups excluding carboxylic acids is 1. The normalized spacial score (nSPS) is 20.9. The van der Waals surface area contributed by atoms with Gasteiger partial charge < -0.3 is 10.4 Å². The first kappa shape index (κ1) is 14.6. The van der Waals surface area contributed by atoms with Gasteiger partial charge in [-0.15, -0.1) is 0 Å². The third kappa shape index (κ3) is 2.42. The number of anilines is 1. The van der Waals surface area contributed by atoms with Crippen LogP contribution in [0, 0.1) is 5.92 Å². The van der Waals surface area contributed by atoms with Gasteiger partial charge in [0.1, 0.15) is 0 Å². The Morgan fingerprint density at radius 3 is 2.65 bits per heavy atom. The Kier molecular flexibility index (Phi) is 4.12. The van der Waals surface area contributed by atoms with Crippen molar-refractivity contribution in [3.63, 3.8) is 0 Å². The molecule has 1 heterocycles. The minimum atomic E-state index is -0.778. The number of fused-ring (bicyclic) bond motifs is 1. The summed E-state index contributed by atoms with van der Waals surface area (Å²) in [6.07, 6.45) is 2.21. The lowest BCUT2D eigenvalue weighted by Gasteiger charge is -2.31. The fourth-order valence-corrected chi connectivity index (χ4v) is 3.13. The van der Waals surface area contributed by atoms with Crippen molar-refractivity contribution in [1.82, 2.24) is 0 Å². The second-order valence-electron chi connectivity index (χ2n) is 5.73. The van der Waals surface area contributed by atoms with Gasteiger partial charge in [-0.05, 0) is 30.4 Å². The molecular weight excluding hydrogens is 254 g/mol. The number of carboxylic acid groups (broad SMARTS) is 1. The molecule has 0 bridgehead atoms. The number of nitrogens with one attached hydrogen (secondary N) is 1. The molecule has 1 unspecified atom stereocenters. The molecule has 1 amide bonds. The van der Waals surface area contributed by atoms with Gasteiger partial charge in [-0.1, -0.05) is 38.5 Å². The minimum absolute atomic E-state index is 0.0454. The van der Waals surface area contributed by atoms with Crippen molar-refractivity contribution in [1.29, 1.82) is 0 Å². The van der Waals surface area contributed by atoms with E-state index in [0.29, 0.717) is 12.8 Å². The summed E-state index contributed by atoms with van der Waals surface area (Å²) in [7, 11) is 0. The van der Waals surface area contributed by atoms with Gasteiger partial charge in [-0.2, -0.15) is 0 Å². The third-order valence-electron chi connectivity index (χ3n) is 4.26. The average Bonchev–Trinajstić information content (AvgIpc) is 2.67. The predicted molar refractivity (Wildman–Crippen MR) is 77.7 cm³/mol. The molecule has 2 N–H and O–H groups in total. The van der Waals surface area contributed by atoms with E-state index in [1.54, 1.807) is 0 Å². The number of unbranched alkanes of at least 4 members (excludes halogenated alkanes) is 1. The molecule has 0 spiro atoms. The Bertz CT molecular complexity index is 524. The van der Waals surface area contributed by atoms with E-state index >= 15 is 0 Å². The molecule has 0 aromatic heterocycles. The Morgan fingerprint density at radius 1 is 1.30 bits per heavy atom. The largest absolute Gasteiger partial charge is 0.481 e. The first-order valence-electron chi connectivity index (χ1n) is 7.11. The first-order valence-corrected chi connectivity index (χ1v) is 7.11. The van der Waals surface area contributed by atoms with Crippen LogP contribution >= 0.6 is 0 Å². The maximum Gasteiger partial charge on any atom is 0.303 e. The van der Waals surface area contributed by atoms with E-state index in [4.69, 9.17) is 5.11 Å². The number of aliphatic carboxylic acids is 1. The molecule has 1 aromatic carbocycles. The Morgan fingerprint density at radius 2 is 2.00 bits per heavy atom. The van der Waals surface area contributed by atoms with Crippen LogP contribution in [0.3, 0.4) is 0 Å². The molecule has 20 heavy (non-hydrogen) atoms. The van der Waals surface area contributed by atoms with E-state index in [-0.39, 0.29) is 18.2 Å². The van der Waals surface area contributed by atoms with Gasteiger partial charge in [0.15, 0.2) is 0 Å². The Labute approximate surface area is 119 Å². The third-order valence-corrected chi connectivity index (χ3v) is 4.26. The molecule has 4 nitrogen and oxygen atoms in total. The van der Waals surface area contributed by atoms with Crippen LogP contribution in [-0.4, -0.2) is 17.0 Å². The van der Waals surface area contributed by atoms with Crippen molar-refractivity contribution < 1.29 is 14.7 Å². The summed E-state index contributed by atoms with van der Waals surface area (Å²) in [5, 5.41) is 11.7. The number of amides is 1. The lowest BCUT2D eigenvalue weighted by Crippen LogP contribution is -2.39. The Hall–Kier alpha value is -1.84. The van der Waals surface area contributed by atoms with Gasteiger partial charge in [-0.25, -0.2) is 0 Å². The van der Waals surface area contributed by atoms with Gasteiger partial charge in [0, 0.05) is 12.1 Å². The average molecular weight is 275 g/mol. The smallest absolute Gasteiger partial charge is 0.303 e. The molecule has 108 valence electrons. The highest BCUT2D eigenvalue weighted by Crippen LogP contribution is 2.46. The van der Waals surface area contributed by atoms with Crippen LogP contribution in [0.1, 0.15) is 45.1 Å². The molecular formula is C16H21NO3. The van der Waals surface area contributed by atoms with Crippen molar-refractivity contribution in [2.75, 3.05) is 5.32 Å². The number of hydrogen-bond donors (Lipinski definition) is 2. The van der Waals surface area contributed by atoms with E-state index in [0.717, 1.165) is 17.7 Å². The Balaban J connectivity index is 2.22. The van der Waals surface area contributed by atoms with E-state index in [1.807, 2.05) is 24.3 Å². The van der Waals surface area contributed by atoms with E-state index < -0.39 is 11.4 Å². The highest BCUT2D eigenvalue weighted by atomic mass is 16.4. The molecule has 0 saturated carbocycles. The monoisotopic (exact) mass is 275 g/mol. The van der Waals surface area contributed by atoms with Crippen LogP contribution < -0.4 is 5.32 Å². The SMILES string of the molecule is CC(C)C1(CCCCC(=O)O)C(=O)Nc2ccccc21. The minimum Gasteiger partial charge on any atom is -0.481 e. The first-order chi connectivity index (χ1) is 9.48. The molecule has 1 atom stereocenters. The second-order valence-corrected chi connectivity index (χ2v) is 5.73. The zero-order chi connectivity index (χ0) is 14.8. The number of rotatable bonds is 6. The quantitative estimate of drug-likeness (QED) is 0.784. The zero-order valence-electron chi connectivity index (χ0n) is 12.0. The number of carboxylic acids is 1. The molecule has 0 fully saturated rings. The molecule has 4 heteroatoms. The molecule has 2 rings (SSSR count). The maximum absolute atomic E-state index is 12.5. The standard InChI is InChI=1S/C16H21NO3/c1-11(2)16(10-6-5-9-14(18)19)12-7-3-4-8-13(12)17-15(16)20/h3-4,7-8,11H,5-6,9-10H2,1-2H3,(H,17,20)(H,18,19). The van der Waals surface area contributed by atoms with Crippen molar-refractivity contribution in [3.05, 3.63) is 29.8 Å². The number of benzene rings is 1. The van der Waals surface area contributed by atoms with Gasteiger partial charge in [0.25, 0.3) is 0 Å². The summed E-state index contributed by atoms with van der Waals surface area (Å²) in [5.74, 6) is -0.556. The summed E-state index contributed by atoms with van der Waals surface area (Å²) in [6, 6.07) is 7.80. The second kappa shape index (κ2) is 5.65. The molecule has 0 radical (unpaired) electrons. The molecule has 0 saturated heterocycles. The van der Waals surface area contributed by atoms with E-state index in [2.05, 4.69) is 19.2 Å². The maximum atomic E-state index is 12.5. The van der Waals surface area contributed by atoms with Crippen molar-refractivity contribution in [2.24, 2.45) is 5.92 Å². The van der Waals surface area contributed by atoms with E-state index in [9.17, 15) is 9.59 Å². The highest BCUT2D eigenvalue weighted by Gasteiger charge is 2.48. The van der Waals surface area contributed by atoms with Crippen molar-refractivity contribution in [2.45, 2.75) is 44.9 Å². The van der Waals surface area contributed by atoms with Gasteiger partial charge >= 0.3 is 5.97 Å². The lowest BCUT2D eigenvalue weighted by atomic mass is 9.69. The van der Waals surface area contributed by atoms with E-state index in [1.165, 1.54) is 0 Å². The van der Waals surface area contributed by atoms with Gasteiger partial charge in [0.05, 0.1) is 5.41 Å². The fraction of sp³-hybridized carbons (Fsp3) is 0.500. The number of carbonyl (C=O) groups is 2. The van der Waals surface area contributed by atoms with Crippen LogP contribution in [0.4, 0.5) is 5.69 Å². The highest BCUT2D eigenvalue weighted by molar-refractivity contribution is 6.06.